The van der Waals surface area contributed by atoms with Crippen molar-refractivity contribution in [2.45, 2.75) is 33.1 Å². The Kier molecular flexibility index (Phi) is 4.26. The fraction of sp³-hybridized carbons (Fsp3) is 0.143. The van der Waals surface area contributed by atoms with Crippen LogP contribution in [-0.2, 0) is 5.41 Å². The van der Waals surface area contributed by atoms with Gasteiger partial charge in [-0.1, -0.05) is 85.5 Å². The molecule has 0 atom stereocenters. The van der Waals surface area contributed by atoms with Crippen molar-refractivity contribution in [1.29, 1.82) is 0 Å². The molecule has 0 saturated carbocycles. The minimum Gasteiger partial charge on any atom is -0.458 e. The first-order chi connectivity index (χ1) is 18.4. The molecule has 0 N–H and O–H groups in total. The SMILES string of the molecule is Cc1ccc2c(c1)B1c3c(ccc(C)c3C(C)(C)c3ccc4c(c31)c1ccccc1n4-c1ccccc1)O2. The molecule has 2 nitrogen and oxygen atoms in total. The van der Waals surface area contributed by atoms with E-state index in [-0.39, 0.29) is 12.1 Å². The van der Waals surface area contributed by atoms with E-state index in [0.29, 0.717) is 0 Å². The summed E-state index contributed by atoms with van der Waals surface area (Å²) in [6.07, 6.45) is 0. The normalized spacial score (nSPS) is 14.7. The lowest BCUT2D eigenvalue weighted by atomic mass is 9.30. The van der Waals surface area contributed by atoms with Gasteiger partial charge in [0.2, 0.25) is 0 Å². The molecule has 8 rings (SSSR count). The molecule has 0 bridgehead atoms. The average Bonchev–Trinajstić information content (AvgIpc) is 3.26. The number of nitrogens with zero attached hydrogens (tertiary/aromatic N) is 1. The van der Waals surface area contributed by atoms with Crippen LogP contribution in [0.3, 0.4) is 0 Å². The van der Waals surface area contributed by atoms with Gasteiger partial charge in [-0.25, -0.2) is 0 Å². The Bertz CT molecular complexity index is 1950. The molecule has 0 fully saturated rings. The maximum absolute atomic E-state index is 6.61. The number of hydrogen-bond donors (Lipinski definition) is 0. The van der Waals surface area contributed by atoms with Gasteiger partial charge in [0.25, 0.3) is 6.71 Å². The minimum absolute atomic E-state index is 0.116. The second-order valence-corrected chi connectivity index (χ2v) is 11.5. The number of ether oxygens (including phenoxy) is 1. The van der Waals surface area contributed by atoms with Crippen LogP contribution in [0.5, 0.6) is 11.5 Å². The van der Waals surface area contributed by atoms with Crippen molar-refractivity contribution in [2.24, 2.45) is 0 Å². The fourth-order valence-corrected chi connectivity index (χ4v) is 7.40. The van der Waals surface area contributed by atoms with Gasteiger partial charge in [0.05, 0.1) is 11.0 Å². The Hall–Kier alpha value is -4.24. The van der Waals surface area contributed by atoms with Crippen LogP contribution in [-0.4, -0.2) is 11.3 Å². The maximum Gasteiger partial charge on any atom is 0.252 e. The van der Waals surface area contributed by atoms with E-state index in [1.807, 2.05) is 0 Å². The van der Waals surface area contributed by atoms with Crippen LogP contribution in [0, 0.1) is 13.8 Å². The van der Waals surface area contributed by atoms with Crippen LogP contribution in [0.4, 0.5) is 0 Å². The van der Waals surface area contributed by atoms with Crippen LogP contribution in [0.25, 0.3) is 27.5 Å². The molecule has 5 aromatic carbocycles. The van der Waals surface area contributed by atoms with Crippen molar-refractivity contribution in [1.82, 2.24) is 4.57 Å². The molecular formula is C35H28BNO. The molecule has 2 aliphatic rings. The van der Waals surface area contributed by atoms with Gasteiger partial charge in [0, 0.05) is 21.9 Å². The number of aromatic nitrogens is 1. The van der Waals surface area contributed by atoms with Gasteiger partial charge < -0.3 is 9.30 Å². The molecule has 0 radical (unpaired) electrons. The summed E-state index contributed by atoms with van der Waals surface area (Å²) in [6.45, 7) is 9.33. The highest BCUT2D eigenvalue weighted by molar-refractivity contribution is 6.99. The number of fused-ring (bicyclic) bond motifs is 8. The number of aryl methyl sites for hydroxylation is 2. The molecule has 182 valence electrons. The van der Waals surface area contributed by atoms with Crippen molar-refractivity contribution in [3.63, 3.8) is 0 Å². The van der Waals surface area contributed by atoms with Gasteiger partial charge in [-0.15, -0.1) is 0 Å². The Balaban J connectivity index is 1.59. The summed E-state index contributed by atoms with van der Waals surface area (Å²) in [4.78, 5) is 0. The Morgan fingerprint density at radius 2 is 1.47 bits per heavy atom. The zero-order chi connectivity index (χ0) is 25.8. The predicted molar refractivity (Wildman–Crippen MR) is 160 cm³/mol. The molecule has 3 heteroatoms. The Morgan fingerprint density at radius 3 is 2.32 bits per heavy atom. The van der Waals surface area contributed by atoms with E-state index in [9.17, 15) is 0 Å². The summed E-state index contributed by atoms with van der Waals surface area (Å²) in [7, 11) is 0. The maximum atomic E-state index is 6.61. The molecule has 38 heavy (non-hydrogen) atoms. The second-order valence-electron chi connectivity index (χ2n) is 11.5. The molecule has 2 aliphatic heterocycles. The van der Waals surface area contributed by atoms with Crippen LogP contribution in [0.1, 0.15) is 36.1 Å². The summed E-state index contributed by atoms with van der Waals surface area (Å²) in [6, 6.07) is 35.5. The van der Waals surface area contributed by atoms with Crippen molar-refractivity contribution in [3.8, 4) is 17.2 Å². The summed E-state index contributed by atoms with van der Waals surface area (Å²) >= 11 is 0. The molecule has 0 saturated heterocycles. The largest absolute Gasteiger partial charge is 0.458 e. The Morgan fingerprint density at radius 1 is 0.711 bits per heavy atom. The lowest BCUT2D eigenvalue weighted by Crippen LogP contribution is -2.63. The smallest absolute Gasteiger partial charge is 0.252 e. The third kappa shape index (κ3) is 2.69. The van der Waals surface area contributed by atoms with Gasteiger partial charge in [0.15, 0.2) is 0 Å². The first-order valence-electron chi connectivity index (χ1n) is 13.5. The number of hydrogen-bond acceptors (Lipinski definition) is 1. The van der Waals surface area contributed by atoms with E-state index in [2.05, 4.69) is 129 Å². The van der Waals surface area contributed by atoms with Crippen LogP contribution in [0.15, 0.2) is 97.1 Å². The number of para-hydroxylation sites is 2. The minimum atomic E-state index is -0.157. The summed E-state index contributed by atoms with van der Waals surface area (Å²) in [5.74, 6) is 1.96. The zero-order valence-electron chi connectivity index (χ0n) is 22.2. The second kappa shape index (κ2) is 7.42. The fourth-order valence-electron chi connectivity index (χ4n) is 7.40. The molecule has 6 aromatic rings. The van der Waals surface area contributed by atoms with E-state index >= 15 is 0 Å². The standard InChI is InChI=1S/C35H28BNO/c1-21-14-18-29-26(20-21)36-33-25(35(3,4)32-22(2)15-19-30(38-29)34(32)36)16-17-28-31(33)24-12-8-9-13-27(24)37(28)23-10-6-5-7-11-23/h5-20H,1-4H3. The van der Waals surface area contributed by atoms with Crippen LogP contribution < -0.4 is 21.1 Å². The highest BCUT2D eigenvalue weighted by Gasteiger charge is 2.47. The first kappa shape index (κ1) is 21.8. The summed E-state index contributed by atoms with van der Waals surface area (Å²) < 4.78 is 9.04. The molecule has 0 spiro atoms. The lowest BCUT2D eigenvalue weighted by Gasteiger charge is -2.43. The van der Waals surface area contributed by atoms with Crippen molar-refractivity contribution < 1.29 is 4.74 Å². The third-order valence-corrected chi connectivity index (χ3v) is 8.88. The summed E-state index contributed by atoms with van der Waals surface area (Å²) in [5, 5.41) is 2.66. The molecule has 3 heterocycles. The number of rotatable bonds is 1. The Labute approximate surface area is 223 Å². The van der Waals surface area contributed by atoms with Gasteiger partial charge in [-0.2, -0.15) is 0 Å². The van der Waals surface area contributed by atoms with Crippen molar-refractivity contribution in [3.05, 3.63) is 119 Å². The molecule has 1 aromatic heterocycles. The predicted octanol–water partition coefficient (Wildman–Crippen LogP) is 6.66. The monoisotopic (exact) mass is 489 g/mol. The average molecular weight is 489 g/mol. The molecule has 0 aliphatic carbocycles. The van der Waals surface area contributed by atoms with E-state index in [4.69, 9.17) is 4.74 Å². The lowest BCUT2D eigenvalue weighted by molar-refractivity contribution is 0.484. The molecule has 0 amide bonds. The number of benzene rings is 5. The van der Waals surface area contributed by atoms with Gasteiger partial charge in [-0.3, -0.25) is 0 Å². The topological polar surface area (TPSA) is 14.2 Å². The zero-order valence-corrected chi connectivity index (χ0v) is 22.2. The third-order valence-electron chi connectivity index (χ3n) is 8.88. The van der Waals surface area contributed by atoms with Crippen LogP contribution >= 0.6 is 0 Å². The highest BCUT2D eigenvalue weighted by Crippen LogP contribution is 2.43. The van der Waals surface area contributed by atoms with Crippen molar-refractivity contribution in [2.75, 3.05) is 0 Å². The van der Waals surface area contributed by atoms with Gasteiger partial charge in [-0.05, 0) is 77.9 Å². The quantitative estimate of drug-likeness (QED) is 0.235. The van der Waals surface area contributed by atoms with Gasteiger partial charge in [0.1, 0.15) is 11.5 Å². The molecule has 0 unspecified atom stereocenters. The first-order valence-corrected chi connectivity index (χ1v) is 13.5. The summed E-state index contributed by atoms with van der Waals surface area (Å²) in [5.41, 5.74) is 13.0. The van der Waals surface area contributed by atoms with Crippen molar-refractivity contribution >= 4 is 44.9 Å². The van der Waals surface area contributed by atoms with E-state index < -0.39 is 0 Å². The van der Waals surface area contributed by atoms with Crippen LogP contribution in [0.2, 0.25) is 0 Å². The van der Waals surface area contributed by atoms with E-state index in [1.165, 1.54) is 66.1 Å². The van der Waals surface area contributed by atoms with E-state index in [1.54, 1.807) is 0 Å². The van der Waals surface area contributed by atoms with Gasteiger partial charge >= 0.3 is 0 Å². The molecular weight excluding hydrogens is 461 g/mol. The van der Waals surface area contributed by atoms with E-state index in [0.717, 1.165) is 11.5 Å². The highest BCUT2D eigenvalue weighted by atomic mass is 16.5.